The third-order valence-electron chi connectivity index (χ3n) is 4.97. The van der Waals surface area contributed by atoms with Crippen molar-refractivity contribution in [2.75, 3.05) is 11.9 Å². The minimum atomic E-state index is 0.0387. The number of hydrogen-bond acceptors (Lipinski definition) is 3. The molecule has 0 radical (unpaired) electrons. The van der Waals surface area contributed by atoms with E-state index < -0.39 is 0 Å². The molecule has 0 atom stereocenters. The van der Waals surface area contributed by atoms with Crippen molar-refractivity contribution in [3.05, 3.63) is 59.3 Å². The Bertz CT molecular complexity index is 696. The second-order valence-electron chi connectivity index (χ2n) is 7.18. The van der Waals surface area contributed by atoms with Gasteiger partial charge in [-0.2, -0.15) is 0 Å². The van der Waals surface area contributed by atoms with Crippen molar-refractivity contribution in [1.82, 2.24) is 4.98 Å². The molecule has 0 spiro atoms. The van der Waals surface area contributed by atoms with Gasteiger partial charge in [0.2, 0.25) is 0 Å². The standard InChI is InChI=1S/C24H34N2O/c1-3-5-6-7-8-9-10-11-17-25-24-22(16-13-18-26-24)23(27)21-15-12-14-20(4-2)19-21/h12-16,18-19H,3-11,17H2,1-2H3,(H,25,26). The molecule has 0 aliphatic rings. The number of benzene rings is 1. The Hall–Kier alpha value is -2.16. The van der Waals surface area contributed by atoms with Crippen LogP contribution in [0.1, 0.15) is 86.7 Å². The van der Waals surface area contributed by atoms with Gasteiger partial charge in [0.05, 0.1) is 5.56 Å². The molecule has 2 rings (SSSR count). The maximum absolute atomic E-state index is 12.9. The number of aromatic nitrogens is 1. The molecule has 2 aromatic rings. The van der Waals surface area contributed by atoms with Gasteiger partial charge in [-0.05, 0) is 36.6 Å². The van der Waals surface area contributed by atoms with Gasteiger partial charge in [0.1, 0.15) is 5.82 Å². The first kappa shape index (κ1) is 21.1. The highest BCUT2D eigenvalue weighted by molar-refractivity contribution is 6.11. The summed E-state index contributed by atoms with van der Waals surface area (Å²) >= 11 is 0. The van der Waals surface area contributed by atoms with Gasteiger partial charge in [0.15, 0.2) is 5.78 Å². The largest absolute Gasteiger partial charge is 0.369 e. The first-order valence-electron chi connectivity index (χ1n) is 10.6. The molecule has 27 heavy (non-hydrogen) atoms. The van der Waals surface area contributed by atoms with Gasteiger partial charge < -0.3 is 5.32 Å². The lowest BCUT2D eigenvalue weighted by Gasteiger charge is -2.11. The van der Waals surface area contributed by atoms with Crippen molar-refractivity contribution in [3.63, 3.8) is 0 Å². The molecule has 0 saturated heterocycles. The molecule has 0 saturated carbocycles. The molecule has 1 heterocycles. The summed E-state index contributed by atoms with van der Waals surface area (Å²) in [6.45, 7) is 5.22. The number of nitrogens with one attached hydrogen (secondary N) is 1. The Morgan fingerprint density at radius 1 is 0.926 bits per heavy atom. The van der Waals surface area contributed by atoms with Gasteiger partial charge in [-0.3, -0.25) is 4.79 Å². The van der Waals surface area contributed by atoms with Gasteiger partial charge in [-0.15, -0.1) is 0 Å². The van der Waals surface area contributed by atoms with Crippen LogP contribution in [0.25, 0.3) is 0 Å². The SMILES string of the molecule is CCCCCCCCCCNc1ncccc1C(=O)c1cccc(CC)c1. The van der Waals surface area contributed by atoms with Gasteiger partial charge in [0, 0.05) is 18.3 Å². The molecular weight excluding hydrogens is 332 g/mol. The van der Waals surface area contributed by atoms with Crippen LogP contribution in [0.4, 0.5) is 5.82 Å². The predicted octanol–water partition coefficient (Wildman–Crippen LogP) is 6.43. The fourth-order valence-corrected chi connectivity index (χ4v) is 3.28. The normalized spacial score (nSPS) is 10.7. The maximum Gasteiger partial charge on any atom is 0.196 e. The lowest BCUT2D eigenvalue weighted by Crippen LogP contribution is -2.11. The average molecular weight is 367 g/mol. The van der Waals surface area contributed by atoms with Crippen molar-refractivity contribution in [3.8, 4) is 0 Å². The van der Waals surface area contributed by atoms with Crippen LogP contribution in [-0.2, 0) is 6.42 Å². The molecule has 1 aromatic heterocycles. The van der Waals surface area contributed by atoms with E-state index in [-0.39, 0.29) is 5.78 Å². The Kier molecular flexibility index (Phi) is 9.61. The highest BCUT2D eigenvalue weighted by Crippen LogP contribution is 2.18. The number of nitrogens with zero attached hydrogens (tertiary/aromatic N) is 1. The number of pyridine rings is 1. The Morgan fingerprint density at radius 2 is 1.67 bits per heavy atom. The Labute approximate surface area is 164 Å². The van der Waals surface area contributed by atoms with Crippen LogP contribution in [0, 0.1) is 0 Å². The number of rotatable bonds is 13. The first-order chi connectivity index (χ1) is 13.3. The van der Waals surface area contributed by atoms with E-state index in [1.165, 1.54) is 50.5 Å². The number of carbonyl (C=O) groups excluding carboxylic acids is 1. The molecule has 3 nitrogen and oxygen atoms in total. The van der Waals surface area contributed by atoms with Gasteiger partial charge in [0.25, 0.3) is 0 Å². The van der Waals surface area contributed by atoms with Crippen LogP contribution in [0.3, 0.4) is 0 Å². The lowest BCUT2D eigenvalue weighted by molar-refractivity contribution is 0.103. The summed E-state index contributed by atoms with van der Waals surface area (Å²) in [6.07, 6.45) is 13.0. The summed E-state index contributed by atoms with van der Waals surface area (Å²) in [6, 6.07) is 11.6. The second-order valence-corrected chi connectivity index (χ2v) is 7.18. The number of carbonyl (C=O) groups is 1. The smallest absolute Gasteiger partial charge is 0.196 e. The summed E-state index contributed by atoms with van der Waals surface area (Å²) < 4.78 is 0. The molecule has 0 unspecified atom stereocenters. The minimum absolute atomic E-state index is 0.0387. The van der Waals surface area contributed by atoms with Crippen LogP contribution >= 0.6 is 0 Å². The first-order valence-corrected chi connectivity index (χ1v) is 10.6. The van der Waals surface area contributed by atoms with Gasteiger partial charge in [-0.1, -0.05) is 77.0 Å². The van der Waals surface area contributed by atoms with E-state index in [2.05, 4.69) is 30.2 Å². The zero-order chi connectivity index (χ0) is 19.3. The van der Waals surface area contributed by atoms with E-state index in [0.717, 1.165) is 24.9 Å². The summed E-state index contributed by atoms with van der Waals surface area (Å²) in [5.74, 6) is 0.740. The number of hydrogen-bond donors (Lipinski definition) is 1. The van der Waals surface area contributed by atoms with Gasteiger partial charge >= 0.3 is 0 Å². The molecule has 3 heteroatoms. The summed E-state index contributed by atoms with van der Waals surface area (Å²) in [5, 5.41) is 3.37. The molecule has 0 aliphatic carbocycles. The molecule has 1 N–H and O–H groups in total. The highest BCUT2D eigenvalue weighted by Gasteiger charge is 2.14. The zero-order valence-electron chi connectivity index (χ0n) is 17.0. The van der Waals surface area contributed by atoms with Crippen molar-refractivity contribution in [1.29, 1.82) is 0 Å². The van der Waals surface area contributed by atoms with Crippen LogP contribution in [-0.4, -0.2) is 17.3 Å². The number of ketones is 1. The fourth-order valence-electron chi connectivity index (χ4n) is 3.28. The molecule has 0 aliphatic heterocycles. The second kappa shape index (κ2) is 12.3. The van der Waals surface area contributed by atoms with Crippen LogP contribution in [0.5, 0.6) is 0 Å². The van der Waals surface area contributed by atoms with Crippen molar-refractivity contribution < 1.29 is 4.79 Å². The van der Waals surface area contributed by atoms with Gasteiger partial charge in [-0.25, -0.2) is 4.98 Å². The zero-order valence-corrected chi connectivity index (χ0v) is 17.0. The molecule has 0 fully saturated rings. The molecule has 0 amide bonds. The van der Waals surface area contributed by atoms with E-state index in [0.29, 0.717) is 11.4 Å². The van der Waals surface area contributed by atoms with Crippen LogP contribution < -0.4 is 5.32 Å². The van der Waals surface area contributed by atoms with E-state index >= 15 is 0 Å². The molecule has 146 valence electrons. The maximum atomic E-state index is 12.9. The highest BCUT2D eigenvalue weighted by atomic mass is 16.1. The van der Waals surface area contributed by atoms with E-state index in [4.69, 9.17) is 0 Å². The minimum Gasteiger partial charge on any atom is -0.369 e. The molecular formula is C24H34N2O. The molecule has 1 aromatic carbocycles. The van der Waals surface area contributed by atoms with Crippen molar-refractivity contribution in [2.45, 2.75) is 71.6 Å². The summed E-state index contributed by atoms with van der Waals surface area (Å²) in [4.78, 5) is 17.3. The van der Waals surface area contributed by atoms with Crippen molar-refractivity contribution >= 4 is 11.6 Å². The predicted molar refractivity (Wildman–Crippen MR) is 115 cm³/mol. The van der Waals surface area contributed by atoms with Crippen molar-refractivity contribution in [2.24, 2.45) is 0 Å². The quantitative estimate of drug-likeness (QED) is 0.328. The average Bonchev–Trinajstić information content (AvgIpc) is 2.72. The van der Waals surface area contributed by atoms with E-state index in [9.17, 15) is 4.79 Å². The number of unbranched alkanes of at least 4 members (excludes halogenated alkanes) is 7. The van der Waals surface area contributed by atoms with E-state index in [1.807, 2.05) is 30.3 Å². The number of anilines is 1. The summed E-state index contributed by atoms with van der Waals surface area (Å²) in [5.41, 5.74) is 2.57. The number of aryl methyl sites for hydroxylation is 1. The fraction of sp³-hybridized carbons (Fsp3) is 0.500. The van der Waals surface area contributed by atoms with E-state index in [1.54, 1.807) is 6.20 Å². The third kappa shape index (κ3) is 7.16. The topological polar surface area (TPSA) is 42.0 Å². The van der Waals surface area contributed by atoms with Crippen LogP contribution in [0.15, 0.2) is 42.6 Å². The Morgan fingerprint density at radius 3 is 2.41 bits per heavy atom. The lowest BCUT2D eigenvalue weighted by atomic mass is 10.0. The molecule has 0 bridgehead atoms. The Balaban J connectivity index is 1.84. The monoisotopic (exact) mass is 366 g/mol. The third-order valence-corrected chi connectivity index (χ3v) is 4.97. The summed E-state index contributed by atoms with van der Waals surface area (Å²) in [7, 11) is 0. The van der Waals surface area contributed by atoms with Crippen LogP contribution in [0.2, 0.25) is 0 Å².